The molecule has 4 aliphatic rings. The molecule has 33 heavy (non-hydrogen) atoms. The van der Waals surface area contributed by atoms with Gasteiger partial charge >= 0.3 is 0 Å². The average molecular weight is 573 g/mol. The SMILES string of the molecule is C[C@H](CCC(F)C(C)(C)O)[C@H]1CC[C@@]2(C)C3=C(CC[C@]12C)[C@@]1(C)CC[C@H](I)C(C)(C)[C@@H]1CC3. The normalized spacial score (nSPS) is 44.6. The topological polar surface area (TPSA) is 20.2 Å². The van der Waals surface area contributed by atoms with E-state index < -0.39 is 11.8 Å². The molecule has 0 spiro atoms. The van der Waals surface area contributed by atoms with Gasteiger partial charge in [0.25, 0.3) is 0 Å². The Morgan fingerprint density at radius 2 is 1.64 bits per heavy atom. The van der Waals surface area contributed by atoms with Gasteiger partial charge < -0.3 is 5.11 Å². The summed E-state index contributed by atoms with van der Waals surface area (Å²) in [5.41, 5.74) is 3.94. The summed E-state index contributed by atoms with van der Waals surface area (Å²) in [5, 5.41) is 10.1. The van der Waals surface area contributed by atoms with E-state index in [0.29, 0.717) is 39.9 Å². The molecule has 190 valence electrons. The van der Waals surface area contributed by atoms with Gasteiger partial charge in [0.05, 0.1) is 5.60 Å². The van der Waals surface area contributed by atoms with Crippen LogP contribution in [0.2, 0.25) is 0 Å². The first-order valence-corrected chi connectivity index (χ1v) is 15.1. The number of rotatable bonds is 5. The van der Waals surface area contributed by atoms with Gasteiger partial charge in [-0.15, -0.1) is 0 Å². The van der Waals surface area contributed by atoms with Gasteiger partial charge in [0.1, 0.15) is 6.17 Å². The second-order valence-corrected chi connectivity index (χ2v) is 15.9. The standard InChI is InChI=1S/C30H50FIO/c1-19(9-12-24(31)27(4,5)33)20-13-17-30(8)22-10-11-23-26(2,3)25(32)15-16-28(23,6)21(22)14-18-29(20,30)7/h19-20,23-25,33H,9-18H2,1-8H3/t19-,20-,23+,24?,25+,28-,29-,30+/m1/s1. The largest absolute Gasteiger partial charge is 0.387 e. The highest BCUT2D eigenvalue weighted by molar-refractivity contribution is 14.1. The maximum absolute atomic E-state index is 14.5. The fraction of sp³-hybridized carbons (Fsp3) is 0.933. The van der Waals surface area contributed by atoms with Crippen LogP contribution >= 0.6 is 22.6 Å². The third-order valence-corrected chi connectivity index (χ3v) is 14.3. The second-order valence-electron chi connectivity index (χ2n) is 14.4. The van der Waals surface area contributed by atoms with Crippen molar-refractivity contribution in [3.8, 4) is 0 Å². The summed E-state index contributed by atoms with van der Waals surface area (Å²) >= 11 is 2.74. The van der Waals surface area contributed by atoms with E-state index in [-0.39, 0.29) is 0 Å². The van der Waals surface area contributed by atoms with E-state index in [1.807, 2.05) is 11.1 Å². The molecule has 0 aliphatic heterocycles. The molecule has 0 amide bonds. The van der Waals surface area contributed by atoms with Crippen molar-refractivity contribution in [3.63, 3.8) is 0 Å². The predicted octanol–water partition coefficient (Wildman–Crippen LogP) is 9.06. The van der Waals surface area contributed by atoms with Gasteiger partial charge in [-0.2, -0.15) is 0 Å². The van der Waals surface area contributed by atoms with Crippen LogP contribution in [0, 0.1) is 39.4 Å². The molecule has 4 aliphatic carbocycles. The first kappa shape index (κ1) is 26.4. The van der Waals surface area contributed by atoms with Gasteiger partial charge in [0.2, 0.25) is 0 Å². The Bertz CT molecular complexity index is 796. The molecule has 0 aromatic carbocycles. The lowest BCUT2D eigenvalue weighted by atomic mass is 9.43. The van der Waals surface area contributed by atoms with Gasteiger partial charge in [-0.1, -0.05) is 75.3 Å². The van der Waals surface area contributed by atoms with E-state index in [1.54, 1.807) is 13.8 Å². The highest BCUT2D eigenvalue weighted by Gasteiger charge is 2.63. The van der Waals surface area contributed by atoms with E-state index in [1.165, 1.54) is 51.4 Å². The quantitative estimate of drug-likeness (QED) is 0.198. The summed E-state index contributed by atoms with van der Waals surface area (Å²) in [5.74, 6) is 1.99. The summed E-state index contributed by atoms with van der Waals surface area (Å²) in [6.45, 7) is 18.5. The summed E-state index contributed by atoms with van der Waals surface area (Å²) < 4.78 is 15.3. The number of halogens is 2. The van der Waals surface area contributed by atoms with Gasteiger partial charge in [-0.3, -0.25) is 0 Å². The van der Waals surface area contributed by atoms with Crippen molar-refractivity contribution >= 4 is 22.6 Å². The number of hydrogen-bond acceptors (Lipinski definition) is 1. The van der Waals surface area contributed by atoms with Crippen molar-refractivity contribution in [3.05, 3.63) is 11.1 Å². The van der Waals surface area contributed by atoms with Gasteiger partial charge in [0.15, 0.2) is 0 Å². The average Bonchev–Trinajstić information content (AvgIpc) is 3.00. The second kappa shape index (κ2) is 8.45. The van der Waals surface area contributed by atoms with Crippen LogP contribution in [0.25, 0.3) is 0 Å². The molecule has 2 saturated carbocycles. The van der Waals surface area contributed by atoms with Gasteiger partial charge in [-0.05, 0) is 117 Å². The van der Waals surface area contributed by atoms with Crippen LogP contribution < -0.4 is 0 Å². The molecule has 2 fully saturated rings. The maximum Gasteiger partial charge on any atom is 0.128 e. The molecule has 4 rings (SSSR count). The van der Waals surface area contributed by atoms with Crippen molar-refractivity contribution in [2.75, 3.05) is 0 Å². The summed E-state index contributed by atoms with van der Waals surface area (Å²) in [7, 11) is 0. The van der Waals surface area contributed by atoms with E-state index >= 15 is 0 Å². The summed E-state index contributed by atoms with van der Waals surface area (Å²) in [4.78, 5) is 0. The number of hydrogen-bond donors (Lipinski definition) is 1. The minimum absolute atomic E-state index is 0.310. The van der Waals surface area contributed by atoms with Crippen molar-refractivity contribution in [1.29, 1.82) is 0 Å². The zero-order valence-corrected chi connectivity index (χ0v) is 24.8. The molecule has 0 heterocycles. The van der Waals surface area contributed by atoms with E-state index in [2.05, 4.69) is 64.1 Å². The Balaban J connectivity index is 1.60. The van der Waals surface area contributed by atoms with Crippen LogP contribution in [0.4, 0.5) is 4.39 Å². The lowest BCUT2D eigenvalue weighted by Crippen LogP contribution is -2.54. The molecule has 0 saturated heterocycles. The van der Waals surface area contributed by atoms with Crippen LogP contribution in [-0.4, -0.2) is 20.8 Å². The Kier molecular flexibility index (Phi) is 6.77. The third-order valence-electron chi connectivity index (χ3n) is 12.1. The van der Waals surface area contributed by atoms with Crippen molar-refractivity contribution < 1.29 is 9.50 Å². The number of allylic oxidation sites excluding steroid dienone is 2. The highest BCUT2D eigenvalue weighted by atomic mass is 127. The predicted molar refractivity (Wildman–Crippen MR) is 146 cm³/mol. The lowest BCUT2D eigenvalue weighted by molar-refractivity contribution is -0.0216. The van der Waals surface area contributed by atoms with Gasteiger partial charge in [-0.25, -0.2) is 4.39 Å². The van der Waals surface area contributed by atoms with Crippen molar-refractivity contribution in [2.24, 2.45) is 39.4 Å². The fourth-order valence-electron chi connectivity index (χ4n) is 9.57. The number of alkyl halides is 2. The molecule has 3 heteroatoms. The van der Waals surface area contributed by atoms with Crippen LogP contribution in [0.5, 0.6) is 0 Å². The Morgan fingerprint density at radius 3 is 2.27 bits per heavy atom. The van der Waals surface area contributed by atoms with Gasteiger partial charge in [0, 0.05) is 3.92 Å². The molecular formula is C30H50FIO. The number of aliphatic hydroxyl groups is 1. The molecule has 1 N–H and O–H groups in total. The Morgan fingerprint density at radius 1 is 0.970 bits per heavy atom. The summed E-state index contributed by atoms with van der Waals surface area (Å²) in [6.07, 6.45) is 10.8. The fourth-order valence-corrected chi connectivity index (χ4v) is 10.3. The number of fused-ring (bicyclic) bond motifs is 4. The van der Waals surface area contributed by atoms with E-state index in [0.717, 1.165) is 16.3 Å². The molecule has 1 nitrogen and oxygen atoms in total. The van der Waals surface area contributed by atoms with Crippen LogP contribution in [0.15, 0.2) is 11.1 Å². The van der Waals surface area contributed by atoms with Crippen LogP contribution in [-0.2, 0) is 0 Å². The van der Waals surface area contributed by atoms with E-state index in [4.69, 9.17) is 0 Å². The maximum atomic E-state index is 14.5. The molecular weight excluding hydrogens is 522 g/mol. The lowest BCUT2D eigenvalue weighted by Gasteiger charge is -2.62. The van der Waals surface area contributed by atoms with E-state index in [9.17, 15) is 9.50 Å². The third kappa shape index (κ3) is 3.91. The first-order chi connectivity index (χ1) is 15.1. The smallest absolute Gasteiger partial charge is 0.128 e. The molecule has 0 aromatic heterocycles. The molecule has 0 radical (unpaired) electrons. The van der Waals surface area contributed by atoms with Crippen molar-refractivity contribution in [1.82, 2.24) is 0 Å². The molecule has 1 unspecified atom stereocenters. The van der Waals surface area contributed by atoms with Crippen LogP contribution in [0.3, 0.4) is 0 Å². The monoisotopic (exact) mass is 572 g/mol. The zero-order valence-electron chi connectivity index (χ0n) is 22.7. The van der Waals surface area contributed by atoms with Crippen molar-refractivity contribution in [2.45, 2.75) is 135 Å². The minimum Gasteiger partial charge on any atom is -0.387 e. The molecule has 0 bridgehead atoms. The zero-order chi connectivity index (χ0) is 24.6. The minimum atomic E-state index is -1.23. The Labute approximate surface area is 217 Å². The summed E-state index contributed by atoms with van der Waals surface area (Å²) in [6, 6.07) is 0. The Hall–Kier alpha value is 0.360. The molecule has 0 aromatic rings. The highest BCUT2D eigenvalue weighted by Crippen LogP contribution is 2.72. The first-order valence-electron chi connectivity index (χ1n) is 13.8. The molecule has 8 atom stereocenters. The van der Waals surface area contributed by atoms with Crippen LogP contribution in [0.1, 0.15) is 120 Å².